The molecule has 0 aliphatic heterocycles. The molecule has 0 radical (unpaired) electrons. The predicted molar refractivity (Wildman–Crippen MR) is 218 cm³/mol. The second-order valence-electron chi connectivity index (χ2n) is 14.2. The van der Waals surface area contributed by atoms with E-state index in [1.54, 1.807) is 0 Å². The van der Waals surface area contributed by atoms with Crippen molar-refractivity contribution in [1.29, 1.82) is 0 Å². The van der Waals surface area contributed by atoms with Crippen molar-refractivity contribution in [2.75, 3.05) is 0 Å². The number of fused-ring (bicyclic) bond motifs is 9. The van der Waals surface area contributed by atoms with Gasteiger partial charge in [0.25, 0.3) is 0 Å². The molecule has 8 aromatic carbocycles. The fourth-order valence-electron chi connectivity index (χ4n) is 9.08. The smallest absolute Gasteiger partial charge is 0.0542 e. The van der Waals surface area contributed by atoms with Gasteiger partial charge in [0.15, 0.2) is 0 Å². The van der Waals surface area contributed by atoms with Crippen molar-refractivity contribution >= 4 is 43.6 Å². The summed E-state index contributed by atoms with van der Waals surface area (Å²) in [5, 5.41) is 5.05. The first-order valence-electron chi connectivity index (χ1n) is 18.1. The first-order chi connectivity index (χ1) is 25.7. The molecule has 2 heterocycles. The fourth-order valence-corrected chi connectivity index (χ4v) is 9.08. The largest absolute Gasteiger partial charge is 0.309 e. The van der Waals surface area contributed by atoms with Crippen molar-refractivity contribution in [1.82, 2.24) is 9.13 Å². The lowest BCUT2D eigenvalue weighted by atomic mass is 9.88. The van der Waals surface area contributed by atoms with Gasteiger partial charge in [-0.1, -0.05) is 127 Å². The van der Waals surface area contributed by atoms with Crippen LogP contribution in [0.4, 0.5) is 0 Å². The number of benzene rings is 8. The summed E-state index contributed by atoms with van der Waals surface area (Å²) in [7, 11) is 0. The molecule has 2 heteroatoms. The molecular weight excluding hydrogens is 629 g/mol. The summed E-state index contributed by atoms with van der Waals surface area (Å²) >= 11 is 0. The van der Waals surface area contributed by atoms with Crippen LogP contribution in [0.1, 0.15) is 28.2 Å². The van der Waals surface area contributed by atoms with Gasteiger partial charge in [-0.15, -0.1) is 0 Å². The van der Waals surface area contributed by atoms with Gasteiger partial charge in [0.2, 0.25) is 0 Å². The van der Waals surface area contributed by atoms with Gasteiger partial charge in [-0.25, -0.2) is 0 Å². The Hall–Kier alpha value is -6.64. The van der Waals surface area contributed by atoms with Crippen molar-refractivity contribution in [3.63, 3.8) is 0 Å². The SMILES string of the molecule is Cc1cccc2c1-c1ccccc1C2c1ccc2c(c1)c1ccccc1n2-c1ccc2c(c1)c1ccccc1n2-c1cccc(-c2ccccc2)c1. The summed E-state index contributed by atoms with van der Waals surface area (Å²) in [6, 6.07) is 67.1. The van der Waals surface area contributed by atoms with Crippen molar-refractivity contribution < 1.29 is 0 Å². The molecule has 2 aromatic heterocycles. The average Bonchev–Trinajstić information content (AvgIpc) is 3.84. The molecule has 1 aliphatic rings. The van der Waals surface area contributed by atoms with Crippen LogP contribution in [0, 0.1) is 6.92 Å². The van der Waals surface area contributed by atoms with Crippen LogP contribution in [-0.2, 0) is 0 Å². The summed E-state index contributed by atoms with van der Waals surface area (Å²) < 4.78 is 4.87. The van der Waals surface area contributed by atoms with E-state index < -0.39 is 0 Å². The van der Waals surface area contributed by atoms with E-state index >= 15 is 0 Å². The van der Waals surface area contributed by atoms with Gasteiger partial charge in [-0.3, -0.25) is 0 Å². The van der Waals surface area contributed by atoms with Crippen molar-refractivity contribution in [3.8, 4) is 33.6 Å². The zero-order valence-corrected chi connectivity index (χ0v) is 28.8. The van der Waals surface area contributed by atoms with Crippen LogP contribution in [-0.4, -0.2) is 9.13 Å². The molecule has 10 aromatic rings. The maximum Gasteiger partial charge on any atom is 0.0542 e. The molecule has 1 atom stereocenters. The summed E-state index contributed by atoms with van der Waals surface area (Å²) in [6.45, 7) is 2.24. The van der Waals surface area contributed by atoms with Crippen LogP contribution < -0.4 is 0 Å². The lowest BCUT2D eigenvalue weighted by Crippen LogP contribution is -2.00. The lowest BCUT2D eigenvalue weighted by Gasteiger charge is -2.15. The van der Waals surface area contributed by atoms with Gasteiger partial charge in [0.1, 0.15) is 0 Å². The lowest BCUT2D eigenvalue weighted by molar-refractivity contribution is 1.02. The molecule has 0 fully saturated rings. The average molecular weight is 663 g/mol. The summed E-state index contributed by atoms with van der Waals surface area (Å²) in [5.41, 5.74) is 17.8. The van der Waals surface area contributed by atoms with E-state index in [2.05, 4.69) is 198 Å². The maximum atomic E-state index is 2.46. The molecule has 0 saturated heterocycles. The number of hydrogen-bond acceptors (Lipinski definition) is 0. The summed E-state index contributed by atoms with van der Waals surface area (Å²) in [4.78, 5) is 0. The minimum Gasteiger partial charge on any atom is -0.309 e. The molecule has 0 N–H and O–H groups in total. The second-order valence-corrected chi connectivity index (χ2v) is 14.2. The Morgan fingerprint density at radius 1 is 0.385 bits per heavy atom. The van der Waals surface area contributed by atoms with Crippen molar-refractivity contribution in [2.24, 2.45) is 0 Å². The number of aryl methyl sites for hydroxylation is 1. The van der Waals surface area contributed by atoms with Gasteiger partial charge in [0, 0.05) is 38.8 Å². The summed E-state index contributed by atoms with van der Waals surface area (Å²) in [6.07, 6.45) is 0. The number of aromatic nitrogens is 2. The van der Waals surface area contributed by atoms with E-state index in [1.165, 1.54) is 93.8 Å². The molecule has 1 unspecified atom stereocenters. The zero-order valence-electron chi connectivity index (χ0n) is 28.8. The normalized spacial score (nSPS) is 13.7. The number of rotatable bonds is 4. The van der Waals surface area contributed by atoms with Crippen molar-refractivity contribution in [2.45, 2.75) is 12.8 Å². The molecule has 52 heavy (non-hydrogen) atoms. The molecule has 244 valence electrons. The van der Waals surface area contributed by atoms with E-state index in [4.69, 9.17) is 0 Å². The molecule has 2 nitrogen and oxygen atoms in total. The third-order valence-electron chi connectivity index (χ3n) is 11.3. The topological polar surface area (TPSA) is 9.86 Å². The van der Waals surface area contributed by atoms with Crippen LogP contribution in [0.2, 0.25) is 0 Å². The third kappa shape index (κ3) is 4.18. The Balaban J connectivity index is 1.10. The number of hydrogen-bond donors (Lipinski definition) is 0. The Morgan fingerprint density at radius 2 is 0.962 bits per heavy atom. The predicted octanol–water partition coefficient (Wildman–Crippen LogP) is 13.0. The standard InChI is InChI=1S/C50H34N2/c1-32-13-11-22-42-49(32)40-20-5-6-21-41(40)50(42)35-25-27-47-43(30-35)38-18-7-9-23-45(38)52(47)37-26-28-48-44(31-37)39-19-8-10-24-46(39)51(48)36-17-12-16-34(29-36)33-14-3-2-4-15-33/h2-31,50H,1H3. The first-order valence-corrected chi connectivity index (χ1v) is 18.1. The molecule has 1 aliphatic carbocycles. The van der Waals surface area contributed by atoms with Crippen LogP contribution in [0.25, 0.3) is 77.2 Å². The quantitative estimate of drug-likeness (QED) is 0.177. The monoisotopic (exact) mass is 662 g/mol. The van der Waals surface area contributed by atoms with Crippen LogP contribution >= 0.6 is 0 Å². The first kappa shape index (κ1) is 29.1. The van der Waals surface area contributed by atoms with Crippen LogP contribution in [0.15, 0.2) is 182 Å². The molecule has 0 bridgehead atoms. The molecule has 0 saturated carbocycles. The van der Waals surface area contributed by atoms with Gasteiger partial charge >= 0.3 is 0 Å². The Labute approximate surface area is 302 Å². The molecule has 11 rings (SSSR count). The van der Waals surface area contributed by atoms with Gasteiger partial charge in [0.05, 0.1) is 22.1 Å². The Kier molecular flexibility index (Phi) is 6.26. The molecule has 0 spiro atoms. The highest BCUT2D eigenvalue weighted by Gasteiger charge is 2.31. The van der Waals surface area contributed by atoms with Crippen molar-refractivity contribution in [3.05, 3.63) is 204 Å². The van der Waals surface area contributed by atoms with Gasteiger partial charge in [-0.2, -0.15) is 0 Å². The number of para-hydroxylation sites is 2. The number of nitrogens with zero attached hydrogens (tertiary/aromatic N) is 2. The van der Waals surface area contributed by atoms with Crippen LogP contribution in [0.3, 0.4) is 0 Å². The Bertz CT molecular complexity index is 3030. The minimum atomic E-state index is 0.209. The third-order valence-corrected chi connectivity index (χ3v) is 11.3. The highest BCUT2D eigenvalue weighted by molar-refractivity contribution is 6.12. The highest BCUT2D eigenvalue weighted by Crippen LogP contribution is 2.50. The molecular formula is C50H34N2. The van der Waals surface area contributed by atoms with Gasteiger partial charge < -0.3 is 9.13 Å². The van der Waals surface area contributed by atoms with E-state index in [0.29, 0.717) is 0 Å². The fraction of sp³-hybridized carbons (Fsp3) is 0.0400. The van der Waals surface area contributed by atoms with Gasteiger partial charge in [-0.05, 0) is 106 Å². The van der Waals surface area contributed by atoms with E-state index in [-0.39, 0.29) is 5.92 Å². The zero-order chi connectivity index (χ0) is 34.3. The molecule has 0 amide bonds. The second kappa shape index (κ2) is 11.2. The van der Waals surface area contributed by atoms with E-state index in [0.717, 1.165) is 5.69 Å². The minimum absolute atomic E-state index is 0.209. The van der Waals surface area contributed by atoms with E-state index in [9.17, 15) is 0 Å². The van der Waals surface area contributed by atoms with Crippen LogP contribution in [0.5, 0.6) is 0 Å². The summed E-state index contributed by atoms with van der Waals surface area (Å²) in [5.74, 6) is 0.209. The van der Waals surface area contributed by atoms with E-state index in [1.807, 2.05) is 0 Å². The highest BCUT2D eigenvalue weighted by atomic mass is 15.0. The maximum absolute atomic E-state index is 2.46. The Morgan fingerprint density at radius 3 is 1.75 bits per heavy atom.